The molecule has 1 unspecified atom stereocenters. The maximum absolute atomic E-state index is 12.4. The summed E-state index contributed by atoms with van der Waals surface area (Å²) in [6.07, 6.45) is 3.12. The highest BCUT2D eigenvalue weighted by molar-refractivity contribution is 6.23. The third kappa shape index (κ3) is 2.25. The van der Waals surface area contributed by atoms with Gasteiger partial charge in [-0.1, -0.05) is 18.2 Å². The Morgan fingerprint density at radius 1 is 1.24 bits per heavy atom. The van der Waals surface area contributed by atoms with E-state index in [4.69, 9.17) is 5.73 Å². The second-order valence-corrected chi connectivity index (χ2v) is 4.67. The van der Waals surface area contributed by atoms with Gasteiger partial charge in [0, 0.05) is 23.6 Å². The molecular weight excluding hydrogens is 268 g/mol. The summed E-state index contributed by atoms with van der Waals surface area (Å²) < 4.78 is 0. The number of nitrogen functional groups attached to an aromatic ring is 1. The van der Waals surface area contributed by atoms with E-state index in [1.807, 2.05) is 18.2 Å². The maximum Gasteiger partial charge on any atom is 0.258 e. The van der Waals surface area contributed by atoms with Crippen LogP contribution in [0.1, 0.15) is 5.56 Å². The number of nitrogens with two attached hydrogens (primary N) is 1. The monoisotopic (exact) mass is 282 g/mol. The molecule has 0 spiro atoms. The minimum absolute atomic E-state index is 0.276. The first-order valence-corrected chi connectivity index (χ1v) is 6.50. The van der Waals surface area contributed by atoms with Gasteiger partial charge in [0.05, 0.1) is 18.0 Å². The van der Waals surface area contributed by atoms with Crippen molar-refractivity contribution >= 4 is 23.0 Å². The van der Waals surface area contributed by atoms with Gasteiger partial charge in [0.25, 0.3) is 5.91 Å². The quantitative estimate of drug-likeness (QED) is 0.879. The summed E-state index contributed by atoms with van der Waals surface area (Å²) in [5, 5.41) is 15.2. The number of hydrogen-bond donors (Lipinski definition) is 2. The van der Waals surface area contributed by atoms with Crippen LogP contribution in [0.3, 0.4) is 0 Å². The van der Waals surface area contributed by atoms with Gasteiger partial charge in [-0.15, -0.1) is 0 Å². The second-order valence-electron chi connectivity index (χ2n) is 4.67. The molecule has 6 nitrogen and oxygen atoms in total. The lowest BCUT2D eigenvalue weighted by Crippen LogP contribution is -2.30. The fourth-order valence-electron chi connectivity index (χ4n) is 2.27. The van der Waals surface area contributed by atoms with E-state index >= 15 is 0 Å². The normalized spacial score (nSPS) is 18.0. The van der Waals surface area contributed by atoms with Crippen molar-refractivity contribution in [2.75, 3.05) is 17.3 Å². The highest BCUT2D eigenvalue weighted by Crippen LogP contribution is 2.27. The van der Waals surface area contributed by atoms with Gasteiger partial charge < -0.3 is 10.8 Å². The molecule has 1 aliphatic heterocycles. The maximum atomic E-state index is 12.4. The molecule has 21 heavy (non-hydrogen) atoms. The molecule has 1 aromatic heterocycles. The zero-order chi connectivity index (χ0) is 14.8. The van der Waals surface area contributed by atoms with Gasteiger partial charge in [-0.3, -0.25) is 9.78 Å². The van der Waals surface area contributed by atoms with Crippen LogP contribution < -0.4 is 10.7 Å². The number of amides is 1. The summed E-state index contributed by atoms with van der Waals surface area (Å²) in [6, 6.07) is 10.7. The Morgan fingerprint density at radius 2 is 2.00 bits per heavy atom. The molecule has 2 aromatic rings. The predicted molar refractivity (Wildman–Crippen MR) is 79.7 cm³/mol. The number of benzene rings is 1. The molecule has 0 bridgehead atoms. The summed E-state index contributed by atoms with van der Waals surface area (Å²) in [4.78, 5) is 16.4. The number of aliphatic hydroxyl groups excluding tert-OH is 1. The van der Waals surface area contributed by atoms with Crippen molar-refractivity contribution in [1.82, 2.24) is 4.98 Å². The molecule has 3 N–H and O–H groups in total. The van der Waals surface area contributed by atoms with Crippen LogP contribution in [-0.4, -0.2) is 28.3 Å². The Balaban J connectivity index is 2.07. The van der Waals surface area contributed by atoms with Crippen molar-refractivity contribution in [3.8, 4) is 0 Å². The molecule has 3 rings (SSSR count). The number of pyridine rings is 1. The molecule has 0 aliphatic carbocycles. The molecule has 1 aliphatic rings. The Kier molecular flexibility index (Phi) is 3.37. The predicted octanol–water partition coefficient (Wildman–Crippen LogP) is 1.02. The minimum atomic E-state index is -0.725. The lowest BCUT2D eigenvalue weighted by molar-refractivity contribution is -0.120. The smallest absolute Gasteiger partial charge is 0.258 e. The van der Waals surface area contributed by atoms with E-state index in [1.165, 1.54) is 5.01 Å². The summed E-state index contributed by atoms with van der Waals surface area (Å²) >= 11 is 0. The van der Waals surface area contributed by atoms with Crippen LogP contribution in [0.4, 0.5) is 11.4 Å². The summed E-state index contributed by atoms with van der Waals surface area (Å²) in [6.45, 7) is -0.324. The van der Waals surface area contributed by atoms with Crippen LogP contribution in [0, 0.1) is 5.92 Å². The van der Waals surface area contributed by atoms with E-state index in [1.54, 1.807) is 30.6 Å². The van der Waals surface area contributed by atoms with E-state index in [2.05, 4.69) is 10.1 Å². The number of hydrogen-bond acceptors (Lipinski definition) is 5. The first kappa shape index (κ1) is 13.3. The summed E-state index contributed by atoms with van der Waals surface area (Å²) in [5.41, 5.74) is 8.06. The van der Waals surface area contributed by atoms with Gasteiger partial charge in [0.2, 0.25) is 0 Å². The average Bonchev–Trinajstić information content (AvgIpc) is 2.85. The SMILES string of the molecule is Nc1ccncc1C1=NN(c2ccccc2)C(=O)C1CO. The van der Waals surface area contributed by atoms with Crippen molar-refractivity contribution in [2.45, 2.75) is 0 Å². The Morgan fingerprint density at radius 3 is 2.67 bits per heavy atom. The third-order valence-electron chi connectivity index (χ3n) is 3.36. The van der Waals surface area contributed by atoms with E-state index in [0.29, 0.717) is 22.6 Å². The zero-order valence-corrected chi connectivity index (χ0v) is 11.2. The van der Waals surface area contributed by atoms with Crippen LogP contribution in [0.25, 0.3) is 0 Å². The third-order valence-corrected chi connectivity index (χ3v) is 3.36. The Bertz CT molecular complexity index is 700. The van der Waals surface area contributed by atoms with Crippen molar-refractivity contribution in [3.05, 3.63) is 54.4 Å². The molecule has 2 heterocycles. The number of anilines is 2. The van der Waals surface area contributed by atoms with Crippen molar-refractivity contribution in [3.63, 3.8) is 0 Å². The van der Waals surface area contributed by atoms with Gasteiger partial charge in [0.15, 0.2) is 0 Å². The molecule has 1 atom stereocenters. The molecule has 0 fully saturated rings. The molecule has 0 saturated carbocycles. The van der Waals surface area contributed by atoms with Crippen LogP contribution in [-0.2, 0) is 4.79 Å². The lowest BCUT2D eigenvalue weighted by Gasteiger charge is -2.12. The van der Waals surface area contributed by atoms with Crippen molar-refractivity contribution in [2.24, 2.45) is 11.0 Å². The minimum Gasteiger partial charge on any atom is -0.398 e. The standard InChI is InChI=1S/C15H14N4O2/c16-13-6-7-17-8-11(13)14-12(9-20)15(21)19(18-14)10-4-2-1-3-5-10/h1-8,12,20H,9H2,(H2,16,17). The Labute approximate surface area is 121 Å². The number of carbonyl (C=O) groups is 1. The number of hydrazone groups is 1. The van der Waals surface area contributed by atoms with E-state index in [0.717, 1.165) is 0 Å². The number of para-hydroxylation sites is 1. The summed E-state index contributed by atoms with van der Waals surface area (Å²) in [7, 11) is 0. The van der Waals surface area contributed by atoms with Gasteiger partial charge >= 0.3 is 0 Å². The molecule has 0 saturated heterocycles. The van der Waals surface area contributed by atoms with Crippen molar-refractivity contribution in [1.29, 1.82) is 0 Å². The first-order chi connectivity index (χ1) is 10.2. The molecule has 106 valence electrons. The number of nitrogens with zero attached hydrogens (tertiary/aromatic N) is 3. The largest absolute Gasteiger partial charge is 0.398 e. The molecule has 6 heteroatoms. The van der Waals surface area contributed by atoms with Crippen LogP contribution in [0.2, 0.25) is 0 Å². The van der Waals surface area contributed by atoms with Gasteiger partial charge in [0.1, 0.15) is 5.92 Å². The first-order valence-electron chi connectivity index (χ1n) is 6.50. The van der Waals surface area contributed by atoms with Gasteiger partial charge in [-0.25, -0.2) is 0 Å². The topological polar surface area (TPSA) is 91.8 Å². The van der Waals surface area contributed by atoms with E-state index in [9.17, 15) is 9.90 Å². The molecule has 1 aromatic carbocycles. The Hall–Kier alpha value is -2.73. The second kappa shape index (κ2) is 5.34. The number of rotatable bonds is 3. The highest BCUT2D eigenvalue weighted by atomic mass is 16.3. The van der Waals surface area contributed by atoms with E-state index < -0.39 is 5.92 Å². The number of aromatic nitrogens is 1. The average molecular weight is 282 g/mol. The number of aliphatic hydroxyl groups is 1. The zero-order valence-electron chi connectivity index (χ0n) is 11.2. The number of carbonyl (C=O) groups excluding carboxylic acids is 1. The fraction of sp³-hybridized carbons (Fsp3) is 0.133. The lowest BCUT2D eigenvalue weighted by atomic mass is 9.98. The van der Waals surface area contributed by atoms with Gasteiger partial charge in [-0.2, -0.15) is 10.1 Å². The van der Waals surface area contributed by atoms with Crippen LogP contribution in [0.5, 0.6) is 0 Å². The fourth-order valence-corrected chi connectivity index (χ4v) is 2.27. The molecular formula is C15H14N4O2. The molecule has 1 amide bonds. The molecule has 0 radical (unpaired) electrons. The summed E-state index contributed by atoms with van der Waals surface area (Å²) in [5.74, 6) is -1.00. The van der Waals surface area contributed by atoms with E-state index in [-0.39, 0.29) is 12.5 Å². The highest BCUT2D eigenvalue weighted by Gasteiger charge is 2.37. The van der Waals surface area contributed by atoms with Crippen molar-refractivity contribution < 1.29 is 9.90 Å². The van der Waals surface area contributed by atoms with Gasteiger partial charge in [-0.05, 0) is 18.2 Å². The van der Waals surface area contributed by atoms with Crippen LogP contribution in [0.15, 0.2) is 53.9 Å². The van der Waals surface area contributed by atoms with Crippen LogP contribution >= 0.6 is 0 Å².